The first kappa shape index (κ1) is 19.7. The molecule has 0 spiro atoms. The van der Waals surface area contributed by atoms with E-state index in [4.69, 9.17) is 19.3 Å². The molecule has 1 aliphatic rings. The summed E-state index contributed by atoms with van der Waals surface area (Å²) in [4.78, 5) is 17.2. The minimum Gasteiger partial charge on any atom is -0.493 e. The van der Waals surface area contributed by atoms with Crippen molar-refractivity contribution in [2.24, 2.45) is 11.1 Å². The molecule has 1 aromatic carbocycles. The van der Waals surface area contributed by atoms with Crippen LogP contribution in [0.5, 0.6) is 11.5 Å². The van der Waals surface area contributed by atoms with Gasteiger partial charge in [-0.1, -0.05) is 12.1 Å². The van der Waals surface area contributed by atoms with Crippen LogP contribution in [0.15, 0.2) is 29.7 Å². The predicted octanol–water partition coefficient (Wildman–Crippen LogP) is 4.03. The average molecular weight is 438 g/mol. The van der Waals surface area contributed by atoms with Crippen molar-refractivity contribution in [3.8, 4) is 11.5 Å². The first-order chi connectivity index (χ1) is 15.2. The molecule has 1 atom stereocenters. The van der Waals surface area contributed by atoms with Crippen molar-refractivity contribution in [3.63, 3.8) is 0 Å². The number of rotatable bonds is 6. The van der Waals surface area contributed by atoms with Crippen LogP contribution in [0.3, 0.4) is 0 Å². The normalized spacial score (nSPS) is 16.2. The zero-order valence-corrected chi connectivity index (χ0v) is 18.5. The third-order valence-corrected chi connectivity index (χ3v) is 6.72. The summed E-state index contributed by atoms with van der Waals surface area (Å²) in [5.74, 6) is 2.60. The molecule has 3 aromatic heterocycles. The Morgan fingerprint density at radius 1 is 1.26 bits per heavy atom. The maximum Gasteiger partial charge on any atom is 0.192 e. The summed E-state index contributed by atoms with van der Waals surface area (Å²) in [6.45, 7) is 2.49. The highest BCUT2D eigenvalue weighted by Crippen LogP contribution is 2.38. The molecule has 31 heavy (non-hydrogen) atoms. The van der Waals surface area contributed by atoms with Crippen LogP contribution in [0, 0.1) is 5.92 Å². The zero-order valence-electron chi connectivity index (χ0n) is 17.7. The third-order valence-electron chi connectivity index (χ3n) is 5.55. The first-order valence-electron chi connectivity index (χ1n) is 10.2. The van der Waals surface area contributed by atoms with Crippen molar-refractivity contribution in [1.82, 2.24) is 19.6 Å². The van der Waals surface area contributed by atoms with E-state index < -0.39 is 0 Å². The smallest absolute Gasteiger partial charge is 0.192 e. The molecule has 3 heterocycles. The van der Waals surface area contributed by atoms with Gasteiger partial charge in [0.1, 0.15) is 11.2 Å². The summed E-state index contributed by atoms with van der Waals surface area (Å²) in [6.07, 6.45) is 6.75. The van der Waals surface area contributed by atoms with Crippen molar-refractivity contribution >= 4 is 33.4 Å². The summed E-state index contributed by atoms with van der Waals surface area (Å²) >= 11 is 1.79. The topological polar surface area (TPSA) is 83.1 Å². The fraction of sp³-hybridized carbons (Fsp3) is 0.364. The molecule has 0 saturated carbocycles. The summed E-state index contributed by atoms with van der Waals surface area (Å²) in [5, 5.41) is 9.70. The lowest BCUT2D eigenvalue weighted by Gasteiger charge is -2.17. The largest absolute Gasteiger partial charge is 0.493 e. The van der Waals surface area contributed by atoms with Gasteiger partial charge in [-0.15, -0.1) is 16.4 Å². The predicted molar refractivity (Wildman–Crippen MR) is 119 cm³/mol. The van der Waals surface area contributed by atoms with Crippen LogP contribution in [0.2, 0.25) is 0 Å². The third kappa shape index (κ3) is 3.69. The van der Waals surface area contributed by atoms with Crippen molar-refractivity contribution in [2.45, 2.75) is 32.8 Å². The molecule has 5 rings (SSSR count). The second-order valence-corrected chi connectivity index (χ2v) is 8.78. The SMILES string of the molecule is COc1ccc(/C=N\OCc2nc3c4c5c(sc4ncn3n2)C[C@@H](C)CC5)cc1OC. The van der Waals surface area contributed by atoms with Crippen LogP contribution in [-0.2, 0) is 24.3 Å². The number of benzene rings is 1. The molecule has 0 saturated heterocycles. The number of nitrogens with zero attached hydrogens (tertiary/aromatic N) is 5. The van der Waals surface area contributed by atoms with Crippen molar-refractivity contribution in [3.05, 3.63) is 46.4 Å². The van der Waals surface area contributed by atoms with E-state index in [1.165, 1.54) is 16.9 Å². The molecule has 0 unspecified atom stereocenters. The van der Waals surface area contributed by atoms with Gasteiger partial charge in [0.2, 0.25) is 0 Å². The zero-order chi connectivity index (χ0) is 21.4. The highest BCUT2D eigenvalue weighted by molar-refractivity contribution is 7.19. The molecule has 4 aromatic rings. The molecule has 0 aliphatic heterocycles. The molecular weight excluding hydrogens is 414 g/mol. The van der Waals surface area contributed by atoms with Gasteiger partial charge in [0.15, 0.2) is 29.6 Å². The number of aryl methyl sites for hydroxylation is 1. The van der Waals surface area contributed by atoms with Gasteiger partial charge in [0, 0.05) is 10.4 Å². The second-order valence-electron chi connectivity index (χ2n) is 7.70. The molecule has 0 radical (unpaired) electrons. The van der Waals surface area contributed by atoms with Gasteiger partial charge >= 0.3 is 0 Å². The molecule has 0 amide bonds. The molecule has 1 aliphatic carbocycles. The van der Waals surface area contributed by atoms with E-state index in [1.807, 2.05) is 18.2 Å². The lowest BCUT2D eigenvalue weighted by Crippen LogP contribution is -2.08. The van der Waals surface area contributed by atoms with Gasteiger partial charge in [-0.2, -0.15) is 0 Å². The van der Waals surface area contributed by atoms with Gasteiger partial charge < -0.3 is 14.3 Å². The Bertz CT molecular complexity index is 1280. The van der Waals surface area contributed by atoms with Crippen LogP contribution in [0.1, 0.15) is 35.2 Å². The van der Waals surface area contributed by atoms with E-state index in [0.29, 0.717) is 17.3 Å². The number of oxime groups is 1. The molecule has 0 fully saturated rings. The lowest BCUT2D eigenvalue weighted by atomic mass is 9.89. The van der Waals surface area contributed by atoms with E-state index in [-0.39, 0.29) is 6.61 Å². The lowest BCUT2D eigenvalue weighted by molar-refractivity contribution is 0.126. The van der Waals surface area contributed by atoms with Gasteiger partial charge in [-0.05, 0) is 48.9 Å². The fourth-order valence-electron chi connectivity index (χ4n) is 3.97. The number of hydrogen-bond donors (Lipinski definition) is 0. The molecular formula is C22H23N5O3S. The Labute approximate surface area is 183 Å². The first-order valence-corrected chi connectivity index (χ1v) is 11.0. The Morgan fingerprint density at radius 3 is 2.97 bits per heavy atom. The van der Waals surface area contributed by atoms with E-state index >= 15 is 0 Å². The van der Waals surface area contributed by atoms with Crippen LogP contribution < -0.4 is 9.47 Å². The summed E-state index contributed by atoms with van der Waals surface area (Å²) in [5.41, 5.74) is 3.08. The molecule has 0 N–H and O–H groups in total. The Balaban J connectivity index is 1.34. The number of ether oxygens (including phenoxy) is 2. The number of thiophene rings is 1. The number of aromatic nitrogens is 4. The number of methoxy groups -OCH3 is 2. The van der Waals surface area contributed by atoms with Gasteiger partial charge in [0.05, 0.1) is 25.8 Å². The molecule has 9 heteroatoms. The maximum atomic E-state index is 5.44. The van der Waals surface area contributed by atoms with E-state index in [2.05, 4.69) is 22.2 Å². The number of hydrogen-bond acceptors (Lipinski definition) is 8. The summed E-state index contributed by atoms with van der Waals surface area (Å²) < 4.78 is 12.3. The molecule has 0 bridgehead atoms. The molecule has 8 nitrogen and oxygen atoms in total. The van der Waals surface area contributed by atoms with E-state index in [9.17, 15) is 0 Å². The quantitative estimate of drug-likeness (QED) is 0.335. The summed E-state index contributed by atoms with van der Waals surface area (Å²) in [6, 6.07) is 5.53. The fourth-order valence-corrected chi connectivity index (χ4v) is 5.32. The maximum absolute atomic E-state index is 5.44. The molecule has 160 valence electrons. The average Bonchev–Trinajstić information content (AvgIpc) is 3.36. The van der Waals surface area contributed by atoms with Crippen LogP contribution in [-0.4, -0.2) is 40.0 Å². The van der Waals surface area contributed by atoms with E-state index in [0.717, 1.165) is 40.2 Å². The monoisotopic (exact) mass is 437 g/mol. The van der Waals surface area contributed by atoms with Crippen molar-refractivity contribution in [2.75, 3.05) is 14.2 Å². The summed E-state index contributed by atoms with van der Waals surface area (Å²) in [7, 11) is 3.20. The Hall–Kier alpha value is -3.20. The van der Waals surface area contributed by atoms with Crippen LogP contribution >= 0.6 is 11.3 Å². The number of fused-ring (bicyclic) bond motifs is 5. The minimum atomic E-state index is 0.177. The van der Waals surface area contributed by atoms with Crippen molar-refractivity contribution in [1.29, 1.82) is 0 Å². The van der Waals surface area contributed by atoms with Gasteiger partial charge in [0.25, 0.3) is 0 Å². The Morgan fingerprint density at radius 2 is 2.13 bits per heavy atom. The van der Waals surface area contributed by atoms with Gasteiger partial charge in [-0.3, -0.25) is 0 Å². The van der Waals surface area contributed by atoms with Crippen LogP contribution in [0.25, 0.3) is 15.9 Å². The Kier molecular flexibility index (Phi) is 5.19. The van der Waals surface area contributed by atoms with Gasteiger partial charge in [-0.25, -0.2) is 14.5 Å². The highest BCUT2D eigenvalue weighted by Gasteiger charge is 2.23. The van der Waals surface area contributed by atoms with Crippen molar-refractivity contribution < 1.29 is 14.3 Å². The highest BCUT2D eigenvalue weighted by atomic mass is 32.1. The second kappa shape index (κ2) is 8.14. The van der Waals surface area contributed by atoms with E-state index in [1.54, 1.807) is 42.6 Å². The van der Waals surface area contributed by atoms with Crippen LogP contribution in [0.4, 0.5) is 0 Å². The standard InChI is InChI=1S/C22H23N5O3S/c1-13-4-6-15-18(8-13)31-22-20(15)21-25-19(26-27(21)12-23-22)11-30-24-10-14-5-7-16(28-2)17(9-14)29-3/h5,7,9-10,12-13H,4,6,8,11H2,1-3H3/b24-10-/t13-/m0/s1. The minimum absolute atomic E-state index is 0.177.